The first-order chi connectivity index (χ1) is 8.24. The maximum atomic E-state index is 5.64. The Kier molecular flexibility index (Phi) is 3.67. The van der Waals surface area contributed by atoms with Gasteiger partial charge in [0.1, 0.15) is 5.82 Å². The lowest BCUT2D eigenvalue weighted by Crippen LogP contribution is -2.18. The van der Waals surface area contributed by atoms with E-state index in [-0.39, 0.29) is 0 Å². The molecule has 0 bridgehead atoms. The SMILES string of the molecule is CN(Cc1ccnc(N)c1)Cc1ccccn1. The van der Waals surface area contributed by atoms with E-state index in [0.29, 0.717) is 5.82 Å². The molecular formula is C13H16N4. The summed E-state index contributed by atoms with van der Waals surface area (Å²) in [5.74, 6) is 0.564. The van der Waals surface area contributed by atoms with Crippen LogP contribution >= 0.6 is 0 Å². The Balaban J connectivity index is 1.96. The highest BCUT2D eigenvalue weighted by molar-refractivity contribution is 5.31. The summed E-state index contributed by atoms with van der Waals surface area (Å²) in [5.41, 5.74) is 7.87. The standard InChI is InChI=1S/C13H16N4/c1-17(10-12-4-2-3-6-15-12)9-11-5-7-16-13(14)8-11/h2-8H,9-10H2,1H3,(H2,14,16). The van der Waals surface area contributed by atoms with Gasteiger partial charge in [-0.3, -0.25) is 9.88 Å². The van der Waals surface area contributed by atoms with Crippen LogP contribution in [0.5, 0.6) is 0 Å². The fourth-order valence-corrected chi connectivity index (χ4v) is 1.73. The first-order valence-electron chi connectivity index (χ1n) is 5.53. The van der Waals surface area contributed by atoms with Crippen LogP contribution in [0.3, 0.4) is 0 Å². The van der Waals surface area contributed by atoms with Gasteiger partial charge in [0, 0.05) is 25.5 Å². The third-order valence-corrected chi connectivity index (χ3v) is 2.46. The molecule has 0 aliphatic rings. The van der Waals surface area contributed by atoms with Gasteiger partial charge in [0.25, 0.3) is 0 Å². The molecule has 0 saturated heterocycles. The van der Waals surface area contributed by atoms with E-state index < -0.39 is 0 Å². The van der Waals surface area contributed by atoms with Crippen LogP contribution in [0.2, 0.25) is 0 Å². The van der Waals surface area contributed by atoms with E-state index in [1.54, 1.807) is 6.20 Å². The first kappa shape index (κ1) is 11.5. The largest absolute Gasteiger partial charge is 0.384 e. The van der Waals surface area contributed by atoms with Gasteiger partial charge in [0.05, 0.1) is 5.69 Å². The second-order valence-corrected chi connectivity index (χ2v) is 4.08. The molecule has 0 fully saturated rings. The molecule has 0 radical (unpaired) electrons. The van der Waals surface area contributed by atoms with Gasteiger partial charge in [-0.2, -0.15) is 0 Å². The van der Waals surface area contributed by atoms with Crippen LogP contribution in [0, 0.1) is 0 Å². The van der Waals surface area contributed by atoms with E-state index in [4.69, 9.17) is 5.73 Å². The molecule has 0 saturated carbocycles. The summed E-state index contributed by atoms with van der Waals surface area (Å²) in [6, 6.07) is 9.82. The molecule has 0 spiro atoms. The molecule has 2 aromatic rings. The molecule has 0 amide bonds. The van der Waals surface area contributed by atoms with Gasteiger partial charge < -0.3 is 5.73 Å². The predicted octanol–water partition coefficient (Wildman–Crippen LogP) is 1.69. The summed E-state index contributed by atoms with van der Waals surface area (Å²) in [6.45, 7) is 1.66. The Bertz CT molecular complexity index is 470. The number of nitrogen functional groups attached to an aromatic ring is 1. The van der Waals surface area contributed by atoms with E-state index in [1.165, 1.54) is 0 Å². The van der Waals surface area contributed by atoms with Crippen molar-refractivity contribution in [2.24, 2.45) is 0 Å². The highest BCUT2D eigenvalue weighted by Gasteiger charge is 2.02. The Labute approximate surface area is 101 Å². The third-order valence-electron chi connectivity index (χ3n) is 2.46. The van der Waals surface area contributed by atoms with E-state index in [9.17, 15) is 0 Å². The maximum Gasteiger partial charge on any atom is 0.123 e. The summed E-state index contributed by atoms with van der Waals surface area (Å²) in [4.78, 5) is 10.5. The van der Waals surface area contributed by atoms with Crippen LogP contribution in [-0.4, -0.2) is 21.9 Å². The van der Waals surface area contributed by atoms with Crippen molar-refractivity contribution in [1.29, 1.82) is 0 Å². The van der Waals surface area contributed by atoms with Crippen molar-refractivity contribution in [2.75, 3.05) is 12.8 Å². The average Bonchev–Trinajstić information content (AvgIpc) is 2.30. The van der Waals surface area contributed by atoms with Crippen molar-refractivity contribution in [1.82, 2.24) is 14.9 Å². The summed E-state index contributed by atoms with van der Waals surface area (Å²) in [5, 5.41) is 0. The predicted molar refractivity (Wildman–Crippen MR) is 68.1 cm³/mol. The first-order valence-corrected chi connectivity index (χ1v) is 5.53. The minimum Gasteiger partial charge on any atom is -0.384 e. The Morgan fingerprint density at radius 2 is 2.00 bits per heavy atom. The van der Waals surface area contributed by atoms with E-state index in [2.05, 4.69) is 21.9 Å². The number of hydrogen-bond donors (Lipinski definition) is 1. The molecule has 4 heteroatoms. The van der Waals surface area contributed by atoms with Gasteiger partial charge in [0.2, 0.25) is 0 Å². The fraction of sp³-hybridized carbons (Fsp3) is 0.231. The minimum atomic E-state index is 0.564. The monoisotopic (exact) mass is 228 g/mol. The molecule has 4 nitrogen and oxygen atoms in total. The highest BCUT2D eigenvalue weighted by Crippen LogP contribution is 2.08. The molecule has 88 valence electrons. The second-order valence-electron chi connectivity index (χ2n) is 4.08. The minimum absolute atomic E-state index is 0.564. The number of rotatable bonds is 4. The van der Waals surface area contributed by atoms with Gasteiger partial charge in [-0.1, -0.05) is 6.07 Å². The quantitative estimate of drug-likeness (QED) is 0.865. The normalized spacial score (nSPS) is 10.7. The Hall–Kier alpha value is -1.94. The Morgan fingerprint density at radius 1 is 1.12 bits per heavy atom. The van der Waals surface area contributed by atoms with Gasteiger partial charge in [-0.05, 0) is 36.9 Å². The zero-order valence-electron chi connectivity index (χ0n) is 9.87. The Morgan fingerprint density at radius 3 is 2.71 bits per heavy atom. The van der Waals surface area contributed by atoms with Gasteiger partial charge >= 0.3 is 0 Å². The van der Waals surface area contributed by atoms with E-state index in [0.717, 1.165) is 24.3 Å². The molecule has 0 aromatic carbocycles. The molecule has 2 aromatic heterocycles. The summed E-state index contributed by atoms with van der Waals surface area (Å²) < 4.78 is 0. The third kappa shape index (κ3) is 3.53. The summed E-state index contributed by atoms with van der Waals surface area (Å²) >= 11 is 0. The van der Waals surface area contributed by atoms with Crippen LogP contribution in [0.1, 0.15) is 11.3 Å². The molecule has 2 N–H and O–H groups in total. The maximum absolute atomic E-state index is 5.64. The van der Waals surface area contributed by atoms with Crippen molar-refractivity contribution in [2.45, 2.75) is 13.1 Å². The van der Waals surface area contributed by atoms with Gasteiger partial charge in [0.15, 0.2) is 0 Å². The molecule has 0 aliphatic heterocycles. The smallest absolute Gasteiger partial charge is 0.123 e. The van der Waals surface area contributed by atoms with Crippen LogP contribution in [-0.2, 0) is 13.1 Å². The molecule has 2 heterocycles. The number of anilines is 1. The van der Waals surface area contributed by atoms with Gasteiger partial charge in [-0.15, -0.1) is 0 Å². The topological polar surface area (TPSA) is 55.0 Å². The van der Waals surface area contributed by atoms with Crippen molar-refractivity contribution < 1.29 is 0 Å². The molecule has 0 aliphatic carbocycles. The molecular weight excluding hydrogens is 212 g/mol. The van der Waals surface area contributed by atoms with Crippen LogP contribution < -0.4 is 5.73 Å². The number of nitrogens with two attached hydrogens (primary N) is 1. The molecule has 2 rings (SSSR count). The van der Waals surface area contributed by atoms with Crippen molar-refractivity contribution >= 4 is 5.82 Å². The average molecular weight is 228 g/mol. The lowest BCUT2D eigenvalue weighted by Gasteiger charge is -2.16. The number of hydrogen-bond acceptors (Lipinski definition) is 4. The fourth-order valence-electron chi connectivity index (χ4n) is 1.73. The number of aromatic nitrogens is 2. The number of nitrogens with zero attached hydrogens (tertiary/aromatic N) is 3. The van der Waals surface area contributed by atoms with Crippen LogP contribution in [0.25, 0.3) is 0 Å². The van der Waals surface area contributed by atoms with Crippen molar-refractivity contribution in [3.05, 3.63) is 54.0 Å². The zero-order valence-corrected chi connectivity index (χ0v) is 9.87. The highest BCUT2D eigenvalue weighted by atomic mass is 15.1. The second kappa shape index (κ2) is 5.41. The van der Waals surface area contributed by atoms with E-state index >= 15 is 0 Å². The summed E-state index contributed by atoms with van der Waals surface area (Å²) in [7, 11) is 2.06. The zero-order chi connectivity index (χ0) is 12.1. The van der Waals surface area contributed by atoms with E-state index in [1.807, 2.05) is 36.5 Å². The van der Waals surface area contributed by atoms with Crippen LogP contribution in [0.4, 0.5) is 5.82 Å². The summed E-state index contributed by atoms with van der Waals surface area (Å²) in [6.07, 6.45) is 3.55. The molecule has 17 heavy (non-hydrogen) atoms. The van der Waals surface area contributed by atoms with Crippen molar-refractivity contribution in [3.63, 3.8) is 0 Å². The van der Waals surface area contributed by atoms with Crippen LogP contribution in [0.15, 0.2) is 42.7 Å². The van der Waals surface area contributed by atoms with Crippen molar-refractivity contribution in [3.8, 4) is 0 Å². The lowest BCUT2D eigenvalue weighted by molar-refractivity contribution is 0.315. The lowest BCUT2D eigenvalue weighted by atomic mass is 10.2. The van der Waals surface area contributed by atoms with Gasteiger partial charge in [-0.25, -0.2) is 4.98 Å². The number of pyridine rings is 2. The molecule has 0 unspecified atom stereocenters. The molecule has 0 atom stereocenters.